The Morgan fingerprint density at radius 3 is 2.23 bits per heavy atom. The molecule has 142 valence electrons. The Morgan fingerprint density at radius 2 is 1.77 bits per heavy atom. The van der Waals surface area contributed by atoms with Gasteiger partial charge in [0.1, 0.15) is 11.5 Å². The smallest absolute Gasteiger partial charge is 0.411 e. The molecule has 2 amide bonds. The molecule has 0 bridgehead atoms. The molecule has 0 saturated carbocycles. The summed E-state index contributed by atoms with van der Waals surface area (Å²) in [6, 6.07) is 1.72. The number of alkyl carbamates (subject to hydrolysis) is 1. The van der Waals surface area contributed by atoms with Crippen LogP contribution in [0, 0.1) is 0 Å². The molecule has 0 fully saturated rings. The van der Waals surface area contributed by atoms with Crippen molar-refractivity contribution in [3.63, 3.8) is 0 Å². The van der Waals surface area contributed by atoms with Crippen LogP contribution in [0.4, 0.5) is 18.0 Å². The highest BCUT2D eigenvalue weighted by Crippen LogP contribution is 2.42. The lowest BCUT2D eigenvalue weighted by Crippen LogP contribution is -2.40. The van der Waals surface area contributed by atoms with Crippen LogP contribution in [0.3, 0.4) is 0 Å². The maximum Gasteiger partial charge on any atom is 0.573 e. The van der Waals surface area contributed by atoms with Crippen LogP contribution < -0.4 is 15.4 Å². The first-order valence-electron chi connectivity index (χ1n) is 7.07. The van der Waals surface area contributed by atoms with Gasteiger partial charge in [-0.05, 0) is 26.0 Å². The Bertz CT molecular complexity index is 784. The van der Waals surface area contributed by atoms with Gasteiger partial charge in [0.2, 0.25) is 0 Å². The van der Waals surface area contributed by atoms with E-state index in [0.717, 1.165) is 12.1 Å². The summed E-state index contributed by atoms with van der Waals surface area (Å²) < 4.78 is 46.0. The number of rotatable bonds is 3. The summed E-state index contributed by atoms with van der Waals surface area (Å²) in [5.74, 6) is -1.37. The molecule has 1 aromatic carbocycles. The second-order valence-electron chi connectivity index (χ2n) is 5.73. The molecule has 2 N–H and O–H groups in total. The van der Waals surface area contributed by atoms with E-state index in [0.29, 0.717) is 0 Å². The third-order valence-corrected chi connectivity index (χ3v) is 3.94. The van der Waals surface area contributed by atoms with Crippen molar-refractivity contribution in [2.75, 3.05) is 7.05 Å². The largest absolute Gasteiger partial charge is 0.573 e. The van der Waals surface area contributed by atoms with E-state index < -0.39 is 29.7 Å². The van der Waals surface area contributed by atoms with E-state index in [9.17, 15) is 22.8 Å². The zero-order chi connectivity index (χ0) is 19.9. The van der Waals surface area contributed by atoms with E-state index in [-0.39, 0.29) is 26.9 Å². The van der Waals surface area contributed by atoms with Crippen molar-refractivity contribution in [1.82, 2.24) is 10.6 Å². The molecular formula is C15H13Cl2F3N2O4. The monoisotopic (exact) mass is 412 g/mol. The summed E-state index contributed by atoms with van der Waals surface area (Å²) in [7, 11) is 1.32. The topological polar surface area (TPSA) is 76.7 Å². The highest BCUT2D eigenvalue weighted by Gasteiger charge is 2.43. The number of carbonyl (C=O) groups is 2. The minimum atomic E-state index is -4.94. The number of nitrogens with one attached hydrogen (secondary N) is 2. The minimum Gasteiger partial charge on any atom is -0.411 e. The normalized spacial score (nSPS) is 16.4. The molecule has 0 spiro atoms. The molecule has 1 aromatic rings. The summed E-state index contributed by atoms with van der Waals surface area (Å²) in [5.41, 5.74) is -1.32. The quantitative estimate of drug-likeness (QED) is 0.789. The lowest BCUT2D eigenvalue weighted by Gasteiger charge is -2.21. The molecule has 2 rings (SSSR count). The molecule has 0 saturated heterocycles. The summed E-state index contributed by atoms with van der Waals surface area (Å²) in [5, 5.41) is 4.26. The first-order valence-corrected chi connectivity index (χ1v) is 7.83. The molecule has 0 unspecified atom stereocenters. The van der Waals surface area contributed by atoms with E-state index in [1.54, 1.807) is 13.8 Å². The summed E-state index contributed by atoms with van der Waals surface area (Å²) >= 11 is 12.1. The maximum absolute atomic E-state index is 12.4. The van der Waals surface area contributed by atoms with Gasteiger partial charge in [-0.25, -0.2) is 4.79 Å². The number of alkyl halides is 3. The fraction of sp³-hybridized carbons (Fsp3) is 0.333. The van der Waals surface area contributed by atoms with Gasteiger partial charge >= 0.3 is 12.5 Å². The van der Waals surface area contributed by atoms with Crippen LogP contribution in [-0.2, 0) is 9.53 Å². The van der Waals surface area contributed by atoms with Crippen molar-refractivity contribution in [2.45, 2.75) is 25.7 Å². The van der Waals surface area contributed by atoms with Crippen molar-refractivity contribution in [3.8, 4) is 5.75 Å². The molecule has 0 aliphatic carbocycles. The minimum absolute atomic E-state index is 0.0739. The highest BCUT2D eigenvalue weighted by atomic mass is 35.5. The molecule has 0 aromatic heterocycles. The van der Waals surface area contributed by atoms with E-state index in [1.807, 2.05) is 0 Å². The Balaban J connectivity index is 2.61. The average Bonchev–Trinajstić information content (AvgIpc) is 2.66. The molecule has 11 heteroatoms. The summed E-state index contributed by atoms with van der Waals surface area (Å²) in [6.07, 6.45) is -5.78. The lowest BCUT2D eigenvalue weighted by atomic mass is 9.99. The standard InChI is InChI=1S/C15H13Cl2F3N2O4/c1-14(2)11(25-13(24)21-3)10(12(23)22-14)9-7(16)4-6(5-8(9)17)26-15(18,19)20/h4-5H,1-3H3,(H,21,24)(H,22,23). The van der Waals surface area contributed by atoms with Gasteiger partial charge in [-0.2, -0.15) is 0 Å². The van der Waals surface area contributed by atoms with Gasteiger partial charge in [0.25, 0.3) is 5.91 Å². The van der Waals surface area contributed by atoms with Gasteiger partial charge in [-0.1, -0.05) is 23.2 Å². The molecule has 6 nitrogen and oxygen atoms in total. The molecule has 1 aliphatic heterocycles. The third-order valence-electron chi connectivity index (χ3n) is 3.35. The van der Waals surface area contributed by atoms with Crippen LogP contribution >= 0.6 is 23.2 Å². The number of amides is 2. The van der Waals surface area contributed by atoms with Crippen LogP contribution in [0.2, 0.25) is 10.0 Å². The molecule has 0 radical (unpaired) electrons. The maximum atomic E-state index is 12.4. The SMILES string of the molecule is CNC(=O)OC1=C(c2c(Cl)cc(OC(F)(F)F)cc2Cl)C(=O)NC1(C)C. The highest BCUT2D eigenvalue weighted by molar-refractivity contribution is 6.41. The van der Waals surface area contributed by atoms with Crippen LogP contribution in [0.5, 0.6) is 5.75 Å². The van der Waals surface area contributed by atoms with Crippen LogP contribution in [0.1, 0.15) is 19.4 Å². The van der Waals surface area contributed by atoms with Crippen molar-refractivity contribution in [2.24, 2.45) is 0 Å². The predicted octanol–water partition coefficient (Wildman–Crippen LogP) is 3.87. The van der Waals surface area contributed by atoms with Gasteiger partial charge in [0.15, 0.2) is 0 Å². The Morgan fingerprint density at radius 1 is 1.23 bits per heavy atom. The third kappa shape index (κ3) is 4.16. The summed E-state index contributed by atoms with van der Waals surface area (Å²) in [6.45, 7) is 3.14. The van der Waals surface area contributed by atoms with Gasteiger partial charge < -0.3 is 20.1 Å². The molecule has 0 atom stereocenters. The zero-order valence-electron chi connectivity index (χ0n) is 13.7. The number of ether oxygens (including phenoxy) is 2. The van der Waals surface area contributed by atoms with E-state index in [1.165, 1.54) is 7.05 Å². The van der Waals surface area contributed by atoms with E-state index in [4.69, 9.17) is 27.9 Å². The first-order chi connectivity index (χ1) is 11.9. The second kappa shape index (κ2) is 6.88. The fourth-order valence-corrected chi connectivity index (χ4v) is 3.01. The molecule has 26 heavy (non-hydrogen) atoms. The van der Waals surface area contributed by atoms with Gasteiger partial charge in [-0.3, -0.25) is 4.79 Å². The van der Waals surface area contributed by atoms with E-state index >= 15 is 0 Å². The Kier molecular flexibility index (Phi) is 5.34. The zero-order valence-corrected chi connectivity index (χ0v) is 15.2. The number of benzene rings is 1. The van der Waals surface area contributed by atoms with Gasteiger partial charge in [-0.15, -0.1) is 13.2 Å². The van der Waals surface area contributed by atoms with Crippen LogP contribution in [0.25, 0.3) is 5.57 Å². The molecule has 1 aliphatic rings. The van der Waals surface area contributed by atoms with Gasteiger partial charge in [0, 0.05) is 12.6 Å². The molecule has 1 heterocycles. The Hall–Kier alpha value is -2.13. The van der Waals surface area contributed by atoms with Crippen molar-refractivity contribution >= 4 is 40.8 Å². The van der Waals surface area contributed by atoms with E-state index in [2.05, 4.69) is 15.4 Å². The molecular weight excluding hydrogens is 400 g/mol. The Labute approximate surface area is 156 Å². The fourth-order valence-electron chi connectivity index (χ4n) is 2.35. The average molecular weight is 413 g/mol. The summed E-state index contributed by atoms with van der Waals surface area (Å²) in [4.78, 5) is 24.0. The first kappa shape index (κ1) is 20.2. The number of carbonyl (C=O) groups excluding carboxylic acids is 2. The number of halogens is 5. The van der Waals surface area contributed by atoms with Crippen molar-refractivity contribution in [1.29, 1.82) is 0 Å². The number of hydrogen-bond donors (Lipinski definition) is 2. The van der Waals surface area contributed by atoms with Crippen molar-refractivity contribution in [3.05, 3.63) is 33.5 Å². The number of hydrogen-bond acceptors (Lipinski definition) is 4. The van der Waals surface area contributed by atoms with Gasteiger partial charge in [0.05, 0.1) is 21.2 Å². The lowest BCUT2D eigenvalue weighted by molar-refractivity contribution is -0.274. The van der Waals surface area contributed by atoms with Crippen molar-refractivity contribution < 1.29 is 32.2 Å². The van der Waals surface area contributed by atoms with Crippen LogP contribution in [-0.4, -0.2) is 30.9 Å². The van der Waals surface area contributed by atoms with Crippen LogP contribution in [0.15, 0.2) is 17.9 Å². The second-order valence-corrected chi connectivity index (χ2v) is 6.55. The predicted molar refractivity (Wildman–Crippen MR) is 87.8 cm³/mol.